The summed E-state index contributed by atoms with van der Waals surface area (Å²) < 4.78 is 0. The van der Waals surface area contributed by atoms with Crippen molar-refractivity contribution >= 4 is 0 Å². The van der Waals surface area contributed by atoms with Gasteiger partial charge in [-0.1, -0.05) is 32.8 Å². The van der Waals surface area contributed by atoms with Crippen molar-refractivity contribution in [2.75, 3.05) is 0 Å². The van der Waals surface area contributed by atoms with Crippen LogP contribution in [-0.2, 0) is 12.8 Å². The Bertz CT molecular complexity index is 328. The highest BCUT2D eigenvalue weighted by Crippen LogP contribution is 2.26. The average Bonchev–Trinajstić information content (AvgIpc) is 2.29. The molecule has 16 heavy (non-hydrogen) atoms. The van der Waals surface area contributed by atoms with Crippen LogP contribution in [-0.4, -0.2) is 5.11 Å². The van der Waals surface area contributed by atoms with Gasteiger partial charge < -0.3 is 5.11 Å². The molecule has 1 nitrogen and oxygen atoms in total. The molecule has 0 heterocycles. The molecule has 1 rings (SSSR count). The molecular weight excluding hydrogens is 196 g/mol. The normalized spacial score (nSPS) is 10.7. The molecule has 90 valence electrons. The van der Waals surface area contributed by atoms with Crippen LogP contribution < -0.4 is 0 Å². The number of hydrogen-bond donors (Lipinski definition) is 1. The molecule has 0 aliphatic heterocycles. The summed E-state index contributed by atoms with van der Waals surface area (Å²) in [5, 5.41) is 9.75. The highest BCUT2D eigenvalue weighted by atomic mass is 16.3. The molecule has 0 atom stereocenters. The van der Waals surface area contributed by atoms with Gasteiger partial charge in [-0.3, -0.25) is 0 Å². The van der Waals surface area contributed by atoms with E-state index in [-0.39, 0.29) is 0 Å². The van der Waals surface area contributed by atoms with Crippen LogP contribution in [0.4, 0.5) is 0 Å². The van der Waals surface area contributed by atoms with Crippen molar-refractivity contribution in [2.45, 2.75) is 59.3 Å². The van der Waals surface area contributed by atoms with Crippen molar-refractivity contribution in [1.29, 1.82) is 0 Å². The van der Waals surface area contributed by atoms with Crippen molar-refractivity contribution in [2.24, 2.45) is 0 Å². The fraction of sp³-hybridized carbons (Fsp3) is 0.600. The number of aromatic hydroxyl groups is 1. The Morgan fingerprint density at radius 3 is 2.25 bits per heavy atom. The highest BCUT2D eigenvalue weighted by molar-refractivity contribution is 5.43. The fourth-order valence-electron chi connectivity index (χ4n) is 2.10. The minimum Gasteiger partial charge on any atom is -0.508 e. The first kappa shape index (κ1) is 13.1. The van der Waals surface area contributed by atoms with E-state index in [0.29, 0.717) is 5.75 Å². The molecule has 0 spiro atoms. The van der Waals surface area contributed by atoms with Crippen molar-refractivity contribution in [1.82, 2.24) is 0 Å². The van der Waals surface area contributed by atoms with E-state index in [2.05, 4.69) is 19.9 Å². The number of phenolic OH excluding ortho intramolecular Hbond substituents is 1. The van der Waals surface area contributed by atoms with E-state index in [1.165, 1.54) is 36.8 Å². The van der Waals surface area contributed by atoms with Crippen molar-refractivity contribution in [3.63, 3.8) is 0 Å². The molecule has 0 aromatic heterocycles. The third-order valence-electron chi connectivity index (χ3n) is 3.25. The van der Waals surface area contributed by atoms with Gasteiger partial charge in [0.1, 0.15) is 5.75 Å². The van der Waals surface area contributed by atoms with E-state index in [1.807, 2.05) is 13.0 Å². The number of phenols is 1. The minimum atomic E-state index is 0.450. The Morgan fingerprint density at radius 2 is 1.62 bits per heavy atom. The molecule has 0 saturated carbocycles. The Morgan fingerprint density at radius 1 is 1.00 bits per heavy atom. The number of hydrogen-bond acceptors (Lipinski definition) is 1. The second kappa shape index (κ2) is 6.57. The second-order valence-corrected chi connectivity index (χ2v) is 4.55. The van der Waals surface area contributed by atoms with E-state index in [0.717, 1.165) is 18.4 Å². The molecule has 0 fully saturated rings. The predicted molar refractivity (Wildman–Crippen MR) is 70.1 cm³/mol. The number of aryl methyl sites for hydroxylation is 1. The lowest BCUT2D eigenvalue weighted by atomic mass is 9.93. The summed E-state index contributed by atoms with van der Waals surface area (Å²) in [6, 6.07) is 3.94. The third-order valence-corrected chi connectivity index (χ3v) is 3.25. The summed E-state index contributed by atoms with van der Waals surface area (Å²) in [4.78, 5) is 0. The van der Waals surface area contributed by atoms with E-state index < -0.39 is 0 Å². The molecule has 0 saturated heterocycles. The Labute approximate surface area is 99.5 Å². The molecule has 0 aliphatic carbocycles. The molecule has 0 unspecified atom stereocenters. The molecule has 1 aromatic rings. The topological polar surface area (TPSA) is 20.2 Å². The number of benzene rings is 1. The van der Waals surface area contributed by atoms with Crippen LogP contribution in [0, 0.1) is 6.92 Å². The highest BCUT2D eigenvalue weighted by Gasteiger charge is 2.08. The van der Waals surface area contributed by atoms with Gasteiger partial charge in [0.25, 0.3) is 0 Å². The van der Waals surface area contributed by atoms with Gasteiger partial charge in [0.15, 0.2) is 0 Å². The first-order valence-electron chi connectivity index (χ1n) is 6.51. The summed E-state index contributed by atoms with van der Waals surface area (Å²) in [5.74, 6) is 0.450. The van der Waals surface area contributed by atoms with Crippen LogP contribution in [0.2, 0.25) is 0 Å². The van der Waals surface area contributed by atoms with Gasteiger partial charge in [-0.25, -0.2) is 0 Å². The van der Waals surface area contributed by atoms with Gasteiger partial charge in [-0.05, 0) is 55.4 Å². The molecule has 1 N–H and O–H groups in total. The van der Waals surface area contributed by atoms with Gasteiger partial charge in [0.05, 0.1) is 0 Å². The monoisotopic (exact) mass is 220 g/mol. The van der Waals surface area contributed by atoms with Gasteiger partial charge in [-0.2, -0.15) is 0 Å². The molecular formula is C15H24O. The molecule has 0 aliphatic rings. The SMILES string of the molecule is CCCCc1ccc(O)c(C)c1CCCC. The van der Waals surface area contributed by atoms with E-state index in [4.69, 9.17) is 0 Å². The molecule has 1 heteroatoms. The molecule has 1 aromatic carbocycles. The Balaban J connectivity index is 2.91. The lowest BCUT2D eigenvalue weighted by Gasteiger charge is -2.13. The van der Waals surface area contributed by atoms with Crippen LogP contribution in [0.5, 0.6) is 5.75 Å². The zero-order valence-corrected chi connectivity index (χ0v) is 10.8. The van der Waals surface area contributed by atoms with E-state index in [1.54, 1.807) is 0 Å². The number of rotatable bonds is 6. The molecule has 0 radical (unpaired) electrons. The maximum atomic E-state index is 9.75. The van der Waals surface area contributed by atoms with Crippen LogP contribution >= 0.6 is 0 Å². The first-order valence-corrected chi connectivity index (χ1v) is 6.51. The van der Waals surface area contributed by atoms with Gasteiger partial charge in [-0.15, -0.1) is 0 Å². The lowest BCUT2D eigenvalue weighted by Crippen LogP contribution is -1.98. The lowest BCUT2D eigenvalue weighted by molar-refractivity contribution is 0.469. The van der Waals surface area contributed by atoms with Crippen LogP contribution in [0.15, 0.2) is 12.1 Å². The summed E-state index contributed by atoms with van der Waals surface area (Å²) in [6.07, 6.45) is 7.15. The van der Waals surface area contributed by atoms with Gasteiger partial charge in [0, 0.05) is 0 Å². The van der Waals surface area contributed by atoms with Gasteiger partial charge >= 0.3 is 0 Å². The van der Waals surface area contributed by atoms with Crippen LogP contribution in [0.25, 0.3) is 0 Å². The minimum absolute atomic E-state index is 0.450. The van der Waals surface area contributed by atoms with Crippen molar-refractivity contribution < 1.29 is 5.11 Å². The summed E-state index contributed by atoms with van der Waals surface area (Å²) in [6.45, 7) is 6.47. The summed E-state index contributed by atoms with van der Waals surface area (Å²) in [5.41, 5.74) is 3.91. The largest absolute Gasteiger partial charge is 0.508 e. The predicted octanol–water partition coefficient (Wildman–Crippen LogP) is 4.39. The second-order valence-electron chi connectivity index (χ2n) is 4.55. The summed E-state index contributed by atoms with van der Waals surface area (Å²) in [7, 11) is 0. The van der Waals surface area contributed by atoms with Crippen molar-refractivity contribution in [3.05, 3.63) is 28.8 Å². The Kier molecular flexibility index (Phi) is 5.37. The summed E-state index contributed by atoms with van der Waals surface area (Å²) >= 11 is 0. The maximum absolute atomic E-state index is 9.75. The van der Waals surface area contributed by atoms with E-state index >= 15 is 0 Å². The average molecular weight is 220 g/mol. The van der Waals surface area contributed by atoms with Crippen molar-refractivity contribution in [3.8, 4) is 5.75 Å². The number of unbranched alkanes of at least 4 members (excludes halogenated alkanes) is 2. The molecule has 0 amide bonds. The van der Waals surface area contributed by atoms with Crippen LogP contribution in [0.3, 0.4) is 0 Å². The maximum Gasteiger partial charge on any atom is 0.118 e. The first-order chi connectivity index (χ1) is 7.70. The quantitative estimate of drug-likeness (QED) is 0.754. The molecule has 0 bridgehead atoms. The third kappa shape index (κ3) is 3.26. The van der Waals surface area contributed by atoms with Crippen LogP contribution in [0.1, 0.15) is 56.2 Å². The Hall–Kier alpha value is -0.980. The zero-order chi connectivity index (χ0) is 12.0. The standard InChI is InChI=1S/C15H24O/c1-4-6-8-13-10-11-15(16)12(3)14(13)9-7-5-2/h10-11,16H,4-9H2,1-3H3. The fourth-order valence-corrected chi connectivity index (χ4v) is 2.10. The zero-order valence-electron chi connectivity index (χ0n) is 10.8. The van der Waals surface area contributed by atoms with E-state index in [9.17, 15) is 5.11 Å². The van der Waals surface area contributed by atoms with Gasteiger partial charge in [0.2, 0.25) is 0 Å². The smallest absolute Gasteiger partial charge is 0.118 e.